The maximum atomic E-state index is 10.5. The predicted molar refractivity (Wildman–Crippen MR) is 43.4 cm³/mol. The van der Waals surface area contributed by atoms with E-state index in [9.17, 15) is 4.79 Å². The molecule has 0 radical (unpaired) electrons. The van der Waals surface area contributed by atoms with Crippen LogP contribution in [-0.4, -0.2) is 19.5 Å². The van der Waals surface area contributed by atoms with Gasteiger partial charge in [-0.3, -0.25) is 0 Å². The molecule has 0 aromatic carbocycles. The summed E-state index contributed by atoms with van der Waals surface area (Å²) in [5.41, 5.74) is 0. The third-order valence-electron chi connectivity index (χ3n) is 2.52. The minimum atomic E-state index is -0.143. The molecule has 2 nitrogen and oxygen atoms in total. The highest BCUT2D eigenvalue weighted by atomic mass is 16.5. The number of aldehydes is 1. The molecule has 1 rings (SSSR count). The van der Waals surface area contributed by atoms with Crippen molar-refractivity contribution in [3.05, 3.63) is 0 Å². The summed E-state index contributed by atoms with van der Waals surface area (Å²) in [5, 5.41) is 0. The lowest BCUT2D eigenvalue weighted by Gasteiger charge is -2.25. The van der Waals surface area contributed by atoms with Crippen LogP contribution in [0.4, 0.5) is 0 Å². The van der Waals surface area contributed by atoms with E-state index in [0.717, 1.165) is 19.1 Å². The molecular formula is C9H16O2. The van der Waals surface area contributed by atoms with E-state index in [2.05, 4.69) is 0 Å². The Bertz CT molecular complexity index is 117. The number of methoxy groups -OCH3 is 1. The van der Waals surface area contributed by atoms with Gasteiger partial charge in [-0.25, -0.2) is 0 Å². The Morgan fingerprint density at radius 1 is 1.36 bits per heavy atom. The van der Waals surface area contributed by atoms with Crippen LogP contribution in [0.5, 0.6) is 0 Å². The van der Waals surface area contributed by atoms with E-state index in [-0.39, 0.29) is 6.10 Å². The maximum Gasteiger partial charge on any atom is 0.149 e. The van der Waals surface area contributed by atoms with E-state index in [1.165, 1.54) is 19.3 Å². The molecule has 0 aromatic rings. The predicted octanol–water partition coefficient (Wildman–Crippen LogP) is 1.78. The van der Waals surface area contributed by atoms with Crippen LogP contribution in [0.3, 0.4) is 0 Å². The Morgan fingerprint density at radius 3 is 2.45 bits per heavy atom. The van der Waals surface area contributed by atoms with Gasteiger partial charge in [0.25, 0.3) is 0 Å². The third kappa shape index (κ3) is 2.29. The van der Waals surface area contributed by atoms with Crippen molar-refractivity contribution in [2.24, 2.45) is 5.92 Å². The maximum absolute atomic E-state index is 10.5. The summed E-state index contributed by atoms with van der Waals surface area (Å²) in [6.07, 6.45) is 6.97. The fourth-order valence-electron chi connectivity index (χ4n) is 1.82. The monoisotopic (exact) mass is 156 g/mol. The molecule has 0 amide bonds. The van der Waals surface area contributed by atoms with Gasteiger partial charge in [-0.15, -0.1) is 0 Å². The molecule has 64 valence electrons. The molecule has 0 aliphatic heterocycles. The first-order valence-electron chi connectivity index (χ1n) is 4.36. The second-order valence-corrected chi connectivity index (χ2v) is 3.23. The van der Waals surface area contributed by atoms with Gasteiger partial charge in [0.1, 0.15) is 12.4 Å². The topological polar surface area (TPSA) is 26.3 Å². The van der Waals surface area contributed by atoms with Gasteiger partial charge < -0.3 is 9.53 Å². The Kier molecular flexibility index (Phi) is 3.57. The van der Waals surface area contributed by atoms with Crippen molar-refractivity contribution >= 4 is 6.29 Å². The van der Waals surface area contributed by atoms with E-state index in [0.29, 0.717) is 5.92 Å². The summed E-state index contributed by atoms with van der Waals surface area (Å²) in [4.78, 5) is 10.5. The van der Waals surface area contributed by atoms with E-state index in [4.69, 9.17) is 4.74 Å². The van der Waals surface area contributed by atoms with Gasteiger partial charge in [-0.05, 0) is 18.8 Å². The quantitative estimate of drug-likeness (QED) is 0.582. The van der Waals surface area contributed by atoms with E-state index < -0.39 is 0 Å². The lowest BCUT2D eigenvalue weighted by molar-refractivity contribution is -0.120. The van der Waals surface area contributed by atoms with Crippen molar-refractivity contribution in [2.75, 3.05) is 7.11 Å². The smallest absolute Gasteiger partial charge is 0.149 e. The second-order valence-electron chi connectivity index (χ2n) is 3.23. The molecule has 0 N–H and O–H groups in total. The summed E-state index contributed by atoms with van der Waals surface area (Å²) in [5.74, 6) is 0.492. The van der Waals surface area contributed by atoms with Crippen LogP contribution in [0.1, 0.15) is 32.1 Å². The van der Waals surface area contributed by atoms with Gasteiger partial charge in [-0.2, -0.15) is 0 Å². The van der Waals surface area contributed by atoms with Gasteiger partial charge in [0.05, 0.1) is 0 Å². The van der Waals surface area contributed by atoms with Crippen molar-refractivity contribution in [2.45, 2.75) is 38.2 Å². The van der Waals surface area contributed by atoms with E-state index >= 15 is 0 Å². The first-order valence-corrected chi connectivity index (χ1v) is 4.36. The lowest BCUT2D eigenvalue weighted by Crippen LogP contribution is -2.26. The molecule has 1 fully saturated rings. The molecule has 0 saturated heterocycles. The summed E-state index contributed by atoms with van der Waals surface area (Å²) in [7, 11) is 1.62. The van der Waals surface area contributed by atoms with Gasteiger partial charge >= 0.3 is 0 Å². The normalized spacial score (nSPS) is 23.0. The number of ether oxygens (including phenoxy) is 1. The summed E-state index contributed by atoms with van der Waals surface area (Å²) in [6.45, 7) is 0. The van der Waals surface area contributed by atoms with Gasteiger partial charge in [-0.1, -0.05) is 19.3 Å². The van der Waals surface area contributed by atoms with Crippen LogP contribution in [0.2, 0.25) is 0 Å². The molecule has 1 aliphatic rings. The third-order valence-corrected chi connectivity index (χ3v) is 2.52. The summed E-state index contributed by atoms with van der Waals surface area (Å²) in [6, 6.07) is 0. The number of hydrogen-bond acceptors (Lipinski definition) is 2. The van der Waals surface area contributed by atoms with Crippen LogP contribution < -0.4 is 0 Å². The number of rotatable bonds is 3. The van der Waals surface area contributed by atoms with Crippen molar-refractivity contribution in [1.82, 2.24) is 0 Å². The summed E-state index contributed by atoms with van der Waals surface area (Å²) >= 11 is 0. The highest BCUT2D eigenvalue weighted by molar-refractivity contribution is 5.56. The molecule has 11 heavy (non-hydrogen) atoms. The van der Waals surface area contributed by atoms with Gasteiger partial charge in [0.15, 0.2) is 0 Å². The number of carbonyl (C=O) groups excluding carboxylic acids is 1. The first kappa shape index (κ1) is 8.72. The lowest BCUT2D eigenvalue weighted by atomic mass is 9.86. The van der Waals surface area contributed by atoms with E-state index in [1.54, 1.807) is 7.11 Å². The minimum absolute atomic E-state index is 0.143. The van der Waals surface area contributed by atoms with Crippen molar-refractivity contribution in [3.63, 3.8) is 0 Å². The van der Waals surface area contributed by atoms with Crippen LogP contribution >= 0.6 is 0 Å². The van der Waals surface area contributed by atoms with Crippen molar-refractivity contribution < 1.29 is 9.53 Å². The summed E-state index contributed by atoms with van der Waals surface area (Å²) < 4.78 is 5.07. The van der Waals surface area contributed by atoms with Crippen LogP contribution in [0.25, 0.3) is 0 Å². The number of carbonyl (C=O) groups is 1. The largest absolute Gasteiger partial charge is 0.374 e. The zero-order valence-corrected chi connectivity index (χ0v) is 7.08. The van der Waals surface area contributed by atoms with Gasteiger partial charge in [0, 0.05) is 7.11 Å². The molecule has 0 heterocycles. The molecule has 0 aromatic heterocycles. The molecule has 0 spiro atoms. The van der Waals surface area contributed by atoms with Crippen LogP contribution in [0, 0.1) is 5.92 Å². The highest BCUT2D eigenvalue weighted by Gasteiger charge is 2.22. The molecule has 1 saturated carbocycles. The molecule has 2 heteroatoms. The van der Waals surface area contributed by atoms with Crippen molar-refractivity contribution in [3.8, 4) is 0 Å². The van der Waals surface area contributed by atoms with Crippen LogP contribution in [-0.2, 0) is 9.53 Å². The van der Waals surface area contributed by atoms with Crippen molar-refractivity contribution in [1.29, 1.82) is 0 Å². The molecule has 1 atom stereocenters. The molecule has 1 unspecified atom stereocenters. The molecule has 1 aliphatic carbocycles. The highest BCUT2D eigenvalue weighted by Crippen LogP contribution is 2.26. The fourth-order valence-corrected chi connectivity index (χ4v) is 1.82. The molecule has 0 bridgehead atoms. The standard InChI is InChI=1S/C9H16O2/c1-11-9(7-10)8-5-3-2-4-6-8/h7-9H,2-6H2,1H3. The zero-order chi connectivity index (χ0) is 8.10. The first-order chi connectivity index (χ1) is 5.38. The Labute approximate surface area is 67.9 Å². The average molecular weight is 156 g/mol. The fraction of sp³-hybridized carbons (Fsp3) is 0.889. The Balaban J connectivity index is 2.35. The van der Waals surface area contributed by atoms with Crippen LogP contribution in [0.15, 0.2) is 0 Å². The van der Waals surface area contributed by atoms with Gasteiger partial charge in [0.2, 0.25) is 0 Å². The average Bonchev–Trinajstić information content (AvgIpc) is 2.09. The second kappa shape index (κ2) is 4.50. The Morgan fingerprint density at radius 2 is 2.00 bits per heavy atom. The number of hydrogen-bond donors (Lipinski definition) is 0. The minimum Gasteiger partial charge on any atom is -0.374 e. The van der Waals surface area contributed by atoms with E-state index in [1.807, 2.05) is 0 Å². The SMILES string of the molecule is COC(C=O)C1CCCCC1. The molecular weight excluding hydrogens is 140 g/mol. The zero-order valence-electron chi connectivity index (χ0n) is 7.08. The Hall–Kier alpha value is -0.370.